The summed E-state index contributed by atoms with van der Waals surface area (Å²) >= 11 is 0. The van der Waals surface area contributed by atoms with Gasteiger partial charge in [0.2, 0.25) is 5.91 Å². The SMILES string of the molecule is C=CCC(=O)N(CC1CCN(Cc2ccccc2F)CC1)C[C@H]1CCCO1. The van der Waals surface area contributed by atoms with Crippen molar-refractivity contribution in [1.82, 2.24) is 9.80 Å². The number of amides is 1. The number of hydrogen-bond donors (Lipinski definition) is 0. The van der Waals surface area contributed by atoms with Crippen molar-refractivity contribution in [2.75, 3.05) is 32.8 Å². The molecule has 1 aromatic rings. The first-order chi connectivity index (χ1) is 13.2. The standard InChI is InChI=1S/C22H31FN2O2/c1-2-6-22(26)25(17-20-8-5-14-27-20)15-18-10-12-24(13-11-18)16-19-7-3-4-9-21(19)23/h2-4,7,9,18,20H,1,5-6,8,10-17H2/t20-/m1/s1. The Balaban J connectivity index is 1.49. The zero-order valence-electron chi connectivity index (χ0n) is 16.1. The van der Waals surface area contributed by atoms with Gasteiger partial charge in [0.15, 0.2) is 0 Å². The van der Waals surface area contributed by atoms with Crippen LogP contribution in [0.3, 0.4) is 0 Å². The molecule has 2 saturated heterocycles. The van der Waals surface area contributed by atoms with E-state index < -0.39 is 0 Å². The second-order valence-corrected chi connectivity index (χ2v) is 7.74. The highest BCUT2D eigenvalue weighted by atomic mass is 19.1. The molecule has 2 aliphatic heterocycles. The molecule has 0 saturated carbocycles. The fraction of sp³-hybridized carbons (Fsp3) is 0.591. The Morgan fingerprint density at radius 1 is 1.26 bits per heavy atom. The third-order valence-corrected chi connectivity index (χ3v) is 5.66. The summed E-state index contributed by atoms with van der Waals surface area (Å²) in [5.74, 6) is 0.517. The van der Waals surface area contributed by atoms with Crippen LogP contribution in [0.4, 0.5) is 4.39 Å². The Bertz CT molecular complexity index is 622. The van der Waals surface area contributed by atoms with Crippen LogP contribution >= 0.6 is 0 Å². The van der Waals surface area contributed by atoms with Gasteiger partial charge >= 0.3 is 0 Å². The largest absolute Gasteiger partial charge is 0.376 e. The first-order valence-electron chi connectivity index (χ1n) is 10.1. The van der Waals surface area contributed by atoms with E-state index in [0.29, 0.717) is 25.4 Å². The maximum atomic E-state index is 13.9. The molecule has 0 N–H and O–H groups in total. The molecule has 3 rings (SSSR count). The Morgan fingerprint density at radius 2 is 2.04 bits per heavy atom. The summed E-state index contributed by atoms with van der Waals surface area (Å²) in [7, 11) is 0. The summed E-state index contributed by atoms with van der Waals surface area (Å²) in [6.45, 7) is 8.55. The Morgan fingerprint density at radius 3 is 2.70 bits per heavy atom. The molecule has 0 unspecified atom stereocenters. The lowest BCUT2D eigenvalue weighted by atomic mass is 9.95. The van der Waals surface area contributed by atoms with E-state index in [1.54, 1.807) is 12.1 Å². The normalized spacial score (nSPS) is 21.3. The minimum Gasteiger partial charge on any atom is -0.376 e. The number of hydrogen-bond acceptors (Lipinski definition) is 3. The second-order valence-electron chi connectivity index (χ2n) is 7.74. The monoisotopic (exact) mass is 374 g/mol. The number of halogens is 1. The Labute approximate surface area is 162 Å². The number of carbonyl (C=O) groups excluding carboxylic acids is 1. The van der Waals surface area contributed by atoms with Gasteiger partial charge in [-0.05, 0) is 50.8 Å². The number of piperidine rings is 1. The van der Waals surface area contributed by atoms with E-state index in [2.05, 4.69) is 11.5 Å². The quantitative estimate of drug-likeness (QED) is 0.652. The van der Waals surface area contributed by atoms with Crippen LogP contribution in [0.15, 0.2) is 36.9 Å². The molecule has 0 spiro atoms. The highest BCUT2D eigenvalue weighted by Crippen LogP contribution is 2.22. The minimum absolute atomic E-state index is 0.127. The van der Waals surface area contributed by atoms with Gasteiger partial charge in [-0.2, -0.15) is 0 Å². The average Bonchev–Trinajstić information content (AvgIpc) is 3.18. The molecule has 1 aromatic carbocycles. The average molecular weight is 375 g/mol. The lowest BCUT2D eigenvalue weighted by Crippen LogP contribution is -2.43. The predicted octanol–water partition coefficient (Wildman–Crippen LogP) is 3.62. The lowest BCUT2D eigenvalue weighted by Gasteiger charge is -2.35. The van der Waals surface area contributed by atoms with Gasteiger partial charge in [0.05, 0.1) is 6.10 Å². The molecule has 0 aromatic heterocycles. The van der Waals surface area contributed by atoms with Crippen molar-refractivity contribution in [3.05, 3.63) is 48.3 Å². The molecule has 0 radical (unpaired) electrons. The van der Waals surface area contributed by atoms with Crippen LogP contribution in [-0.4, -0.2) is 54.6 Å². The van der Waals surface area contributed by atoms with E-state index in [4.69, 9.17) is 4.74 Å². The number of carbonyl (C=O) groups is 1. The zero-order chi connectivity index (χ0) is 19.1. The molecule has 1 amide bonds. The maximum absolute atomic E-state index is 13.9. The highest BCUT2D eigenvalue weighted by Gasteiger charge is 2.27. The van der Waals surface area contributed by atoms with Crippen LogP contribution < -0.4 is 0 Å². The van der Waals surface area contributed by atoms with Crippen molar-refractivity contribution < 1.29 is 13.9 Å². The van der Waals surface area contributed by atoms with Crippen molar-refractivity contribution in [1.29, 1.82) is 0 Å². The van der Waals surface area contributed by atoms with Crippen molar-refractivity contribution in [2.45, 2.75) is 44.8 Å². The van der Waals surface area contributed by atoms with Crippen LogP contribution in [0.25, 0.3) is 0 Å². The third-order valence-electron chi connectivity index (χ3n) is 5.66. The van der Waals surface area contributed by atoms with E-state index in [1.165, 1.54) is 6.07 Å². The van der Waals surface area contributed by atoms with Gasteiger partial charge in [0, 0.05) is 38.2 Å². The number of ether oxygens (including phenoxy) is 1. The van der Waals surface area contributed by atoms with Gasteiger partial charge in [-0.25, -0.2) is 4.39 Å². The van der Waals surface area contributed by atoms with Crippen LogP contribution in [0, 0.1) is 11.7 Å². The fourth-order valence-corrected chi connectivity index (χ4v) is 4.07. The smallest absolute Gasteiger partial charge is 0.226 e. The molecule has 1 atom stereocenters. The van der Waals surface area contributed by atoms with Crippen molar-refractivity contribution in [2.24, 2.45) is 5.92 Å². The molecule has 0 aliphatic carbocycles. The van der Waals surface area contributed by atoms with Gasteiger partial charge in [-0.3, -0.25) is 9.69 Å². The topological polar surface area (TPSA) is 32.8 Å². The zero-order valence-corrected chi connectivity index (χ0v) is 16.1. The van der Waals surface area contributed by atoms with Crippen LogP contribution in [-0.2, 0) is 16.1 Å². The number of nitrogens with zero attached hydrogens (tertiary/aromatic N) is 2. The van der Waals surface area contributed by atoms with Gasteiger partial charge in [-0.1, -0.05) is 24.3 Å². The molecule has 2 fully saturated rings. The fourth-order valence-electron chi connectivity index (χ4n) is 4.07. The molecule has 2 aliphatic rings. The van der Waals surface area contributed by atoms with Crippen molar-refractivity contribution in [3.8, 4) is 0 Å². The molecule has 2 heterocycles. The van der Waals surface area contributed by atoms with Gasteiger partial charge < -0.3 is 9.64 Å². The predicted molar refractivity (Wildman–Crippen MR) is 105 cm³/mol. The number of benzene rings is 1. The summed E-state index contributed by atoms with van der Waals surface area (Å²) in [6.07, 6.45) is 6.46. The third kappa shape index (κ3) is 5.88. The van der Waals surface area contributed by atoms with Gasteiger partial charge in [-0.15, -0.1) is 6.58 Å². The maximum Gasteiger partial charge on any atom is 0.226 e. The first-order valence-corrected chi connectivity index (χ1v) is 10.1. The summed E-state index contributed by atoms with van der Waals surface area (Å²) in [5.41, 5.74) is 0.761. The van der Waals surface area contributed by atoms with Gasteiger partial charge in [0.25, 0.3) is 0 Å². The second kappa shape index (κ2) is 10.00. The highest BCUT2D eigenvalue weighted by molar-refractivity contribution is 5.77. The van der Waals surface area contributed by atoms with Crippen LogP contribution in [0.2, 0.25) is 0 Å². The molecule has 5 heteroatoms. The molecule has 4 nitrogen and oxygen atoms in total. The van der Waals surface area contributed by atoms with E-state index in [-0.39, 0.29) is 17.8 Å². The van der Waals surface area contributed by atoms with E-state index in [1.807, 2.05) is 17.0 Å². The minimum atomic E-state index is -0.127. The van der Waals surface area contributed by atoms with Crippen molar-refractivity contribution in [3.63, 3.8) is 0 Å². The molecule has 148 valence electrons. The van der Waals surface area contributed by atoms with Gasteiger partial charge in [0.1, 0.15) is 5.82 Å². The Hall–Kier alpha value is -1.72. The summed E-state index contributed by atoms with van der Waals surface area (Å²) in [4.78, 5) is 16.8. The lowest BCUT2D eigenvalue weighted by molar-refractivity contribution is -0.132. The van der Waals surface area contributed by atoms with Crippen molar-refractivity contribution >= 4 is 5.91 Å². The molecule has 0 bridgehead atoms. The number of rotatable bonds is 8. The summed E-state index contributed by atoms with van der Waals surface area (Å²) in [5, 5.41) is 0. The molecular weight excluding hydrogens is 343 g/mol. The summed E-state index contributed by atoms with van der Waals surface area (Å²) < 4.78 is 19.6. The van der Waals surface area contributed by atoms with E-state index >= 15 is 0 Å². The summed E-state index contributed by atoms with van der Waals surface area (Å²) in [6, 6.07) is 7.00. The first kappa shape index (κ1) is 20.0. The van der Waals surface area contributed by atoms with Crippen LogP contribution in [0.5, 0.6) is 0 Å². The Kier molecular flexibility index (Phi) is 7.41. The molecular formula is C22H31FN2O2. The van der Waals surface area contributed by atoms with Crippen LogP contribution in [0.1, 0.15) is 37.7 Å². The van der Waals surface area contributed by atoms with E-state index in [0.717, 1.165) is 57.5 Å². The molecule has 27 heavy (non-hydrogen) atoms. The number of likely N-dealkylation sites (tertiary alicyclic amines) is 1. The van der Waals surface area contributed by atoms with E-state index in [9.17, 15) is 9.18 Å².